The molecule has 0 saturated heterocycles. The average molecular weight is 332 g/mol. The van der Waals surface area contributed by atoms with Gasteiger partial charge in [0.1, 0.15) is 0 Å². The molecule has 0 fully saturated rings. The maximum absolute atomic E-state index is 12.4. The Morgan fingerprint density at radius 1 is 0.909 bits per heavy atom. The van der Waals surface area contributed by atoms with Gasteiger partial charge in [-0.2, -0.15) is 0 Å². The summed E-state index contributed by atoms with van der Waals surface area (Å²) >= 11 is 11.9. The Hall–Kier alpha value is -1.61. The summed E-state index contributed by atoms with van der Waals surface area (Å²) in [6, 6.07) is 12.7. The van der Waals surface area contributed by atoms with Crippen LogP contribution in [0.25, 0.3) is 0 Å². The van der Waals surface area contributed by atoms with Crippen molar-refractivity contribution in [3.63, 3.8) is 0 Å². The van der Waals surface area contributed by atoms with Gasteiger partial charge in [-0.3, -0.25) is 9.69 Å². The Bertz CT molecular complexity index is 714. The van der Waals surface area contributed by atoms with Gasteiger partial charge in [0, 0.05) is 30.8 Å². The van der Waals surface area contributed by atoms with E-state index >= 15 is 0 Å². The summed E-state index contributed by atoms with van der Waals surface area (Å²) < 4.78 is 0. The van der Waals surface area contributed by atoms with Crippen LogP contribution in [0.3, 0.4) is 0 Å². The minimum absolute atomic E-state index is 0.0482. The Balaban J connectivity index is 1.73. The van der Waals surface area contributed by atoms with E-state index in [4.69, 9.17) is 23.2 Å². The van der Waals surface area contributed by atoms with Crippen LogP contribution in [0, 0.1) is 0 Å². The lowest BCUT2D eigenvalue weighted by Gasteiger charge is -2.14. The number of halogens is 2. The van der Waals surface area contributed by atoms with Crippen LogP contribution >= 0.6 is 23.2 Å². The first-order valence-corrected chi connectivity index (χ1v) is 7.85. The maximum Gasteiger partial charge on any atom is 0.193 e. The van der Waals surface area contributed by atoms with E-state index in [-0.39, 0.29) is 5.78 Å². The smallest absolute Gasteiger partial charge is 0.193 e. The van der Waals surface area contributed by atoms with Crippen molar-refractivity contribution in [1.82, 2.24) is 4.90 Å². The molecular weight excluding hydrogens is 317 g/mol. The minimum Gasteiger partial charge on any atom is -0.292 e. The highest BCUT2D eigenvalue weighted by atomic mass is 35.5. The molecule has 0 aliphatic carbocycles. The number of hydrogen-bond donors (Lipinski definition) is 0. The average Bonchev–Trinajstić information content (AvgIpc) is 3.03. The second kappa shape index (κ2) is 6.66. The van der Waals surface area contributed by atoms with Gasteiger partial charge in [0.15, 0.2) is 5.78 Å². The van der Waals surface area contributed by atoms with Crippen LogP contribution in [0.1, 0.15) is 21.5 Å². The second-order valence-corrected chi connectivity index (χ2v) is 6.13. The molecule has 0 atom stereocenters. The lowest BCUT2D eigenvalue weighted by atomic mass is 10.0. The molecule has 0 saturated carbocycles. The van der Waals surface area contributed by atoms with Gasteiger partial charge >= 0.3 is 0 Å². The lowest BCUT2D eigenvalue weighted by molar-refractivity contribution is 0.103. The first-order valence-electron chi connectivity index (χ1n) is 7.09. The predicted octanol–water partition coefficient (Wildman–Crippen LogP) is 4.60. The molecule has 22 heavy (non-hydrogen) atoms. The van der Waals surface area contributed by atoms with Crippen molar-refractivity contribution in [3.8, 4) is 0 Å². The zero-order chi connectivity index (χ0) is 15.5. The Labute approximate surface area is 140 Å². The highest BCUT2D eigenvalue weighted by Gasteiger charge is 2.12. The number of carbonyl (C=O) groups excluding carboxylic acids is 1. The van der Waals surface area contributed by atoms with E-state index in [0.29, 0.717) is 21.2 Å². The maximum atomic E-state index is 12.4. The highest BCUT2D eigenvalue weighted by molar-refractivity contribution is 6.42. The number of carbonyl (C=O) groups is 1. The van der Waals surface area contributed by atoms with Crippen molar-refractivity contribution in [3.05, 3.63) is 81.4 Å². The third-order valence-corrected chi connectivity index (χ3v) is 4.44. The summed E-state index contributed by atoms with van der Waals surface area (Å²) in [5.41, 5.74) is 2.40. The summed E-state index contributed by atoms with van der Waals surface area (Å²) in [5, 5.41) is 0.846. The third-order valence-electron chi connectivity index (χ3n) is 3.70. The molecule has 0 radical (unpaired) electrons. The Kier molecular flexibility index (Phi) is 4.63. The predicted molar refractivity (Wildman–Crippen MR) is 90.8 cm³/mol. The number of hydrogen-bond acceptors (Lipinski definition) is 2. The SMILES string of the molecule is O=C(c1ccc(CN2CC=CC2)cc1)c1ccc(Cl)c(Cl)c1. The van der Waals surface area contributed by atoms with Crippen molar-refractivity contribution in [2.75, 3.05) is 13.1 Å². The Morgan fingerprint density at radius 3 is 2.18 bits per heavy atom. The van der Waals surface area contributed by atoms with Crippen molar-refractivity contribution in [1.29, 1.82) is 0 Å². The van der Waals surface area contributed by atoms with Gasteiger partial charge in [0.25, 0.3) is 0 Å². The molecule has 0 aromatic heterocycles. The van der Waals surface area contributed by atoms with E-state index in [1.807, 2.05) is 24.3 Å². The molecule has 0 unspecified atom stereocenters. The summed E-state index contributed by atoms with van der Waals surface area (Å²) in [4.78, 5) is 14.8. The molecule has 0 amide bonds. The molecule has 2 aromatic rings. The monoisotopic (exact) mass is 331 g/mol. The zero-order valence-corrected chi connectivity index (χ0v) is 13.4. The molecule has 2 aromatic carbocycles. The lowest BCUT2D eigenvalue weighted by Crippen LogP contribution is -2.19. The van der Waals surface area contributed by atoms with Crippen LogP contribution in [0.5, 0.6) is 0 Å². The van der Waals surface area contributed by atoms with Crippen LogP contribution in [0.2, 0.25) is 10.0 Å². The number of benzene rings is 2. The summed E-state index contributed by atoms with van der Waals surface area (Å²) in [5.74, 6) is -0.0482. The van der Waals surface area contributed by atoms with Crippen LogP contribution in [0.4, 0.5) is 0 Å². The van der Waals surface area contributed by atoms with Gasteiger partial charge < -0.3 is 0 Å². The van der Waals surface area contributed by atoms with Crippen LogP contribution in [-0.2, 0) is 6.54 Å². The summed E-state index contributed by atoms with van der Waals surface area (Å²) in [6.07, 6.45) is 4.34. The van der Waals surface area contributed by atoms with E-state index < -0.39 is 0 Å². The van der Waals surface area contributed by atoms with Gasteiger partial charge in [-0.05, 0) is 23.8 Å². The summed E-state index contributed by atoms with van der Waals surface area (Å²) in [6.45, 7) is 2.88. The first kappa shape index (κ1) is 15.3. The van der Waals surface area contributed by atoms with Crippen molar-refractivity contribution in [2.24, 2.45) is 0 Å². The van der Waals surface area contributed by atoms with Gasteiger partial charge in [-0.25, -0.2) is 0 Å². The molecule has 2 nitrogen and oxygen atoms in total. The van der Waals surface area contributed by atoms with Gasteiger partial charge in [-0.1, -0.05) is 59.6 Å². The van der Waals surface area contributed by atoms with Crippen molar-refractivity contribution in [2.45, 2.75) is 6.54 Å². The molecule has 112 valence electrons. The summed E-state index contributed by atoms with van der Waals surface area (Å²) in [7, 11) is 0. The molecule has 1 aliphatic heterocycles. The van der Waals surface area contributed by atoms with Crippen LogP contribution < -0.4 is 0 Å². The van der Waals surface area contributed by atoms with E-state index in [1.165, 1.54) is 5.56 Å². The fourth-order valence-corrected chi connectivity index (χ4v) is 2.77. The minimum atomic E-state index is -0.0482. The molecule has 1 heterocycles. The number of rotatable bonds is 4. The molecule has 0 bridgehead atoms. The standard InChI is InChI=1S/C18H15Cl2NO/c19-16-8-7-15(11-17(16)20)18(22)14-5-3-13(4-6-14)12-21-9-1-2-10-21/h1-8,11H,9-10,12H2. The third kappa shape index (κ3) is 3.41. The molecule has 1 aliphatic rings. The molecule has 3 rings (SSSR count). The zero-order valence-electron chi connectivity index (χ0n) is 11.9. The molecule has 4 heteroatoms. The van der Waals surface area contributed by atoms with E-state index in [2.05, 4.69) is 17.1 Å². The second-order valence-electron chi connectivity index (χ2n) is 5.32. The van der Waals surface area contributed by atoms with E-state index in [9.17, 15) is 4.79 Å². The topological polar surface area (TPSA) is 20.3 Å². The van der Waals surface area contributed by atoms with Crippen LogP contribution in [0.15, 0.2) is 54.6 Å². The van der Waals surface area contributed by atoms with Gasteiger partial charge in [0.05, 0.1) is 10.0 Å². The quantitative estimate of drug-likeness (QED) is 0.603. The van der Waals surface area contributed by atoms with E-state index in [1.54, 1.807) is 18.2 Å². The number of ketones is 1. The fraction of sp³-hybridized carbons (Fsp3) is 0.167. The van der Waals surface area contributed by atoms with Crippen LogP contribution in [-0.4, -0.2) is 23.8 Å². The van der Waals surface area contributed by atoms with Crippen molar-refractivity contribution < 1.29 is 4.79 Å². The van der Waals surface area contributed by atoms with E-state index in [0.717, 1.165) is 19.6 Å². The highest BCUT2D eigenvalue weighted by Crippen LogP contribution is 2.24. The molecule has 0 N–H and O–H groups in total. The largest absolute Gasteiger partial charge is 0.292 e. The van der Waals surface area contributed by atoms with Gasteiger partial charge in [0.2, 0.25) is 0 Å². The Morgan fingerprint density at radius 2 is 1.55 bits per heavy atom. The molecular formula is C18H15Cl2NO. The van der Waals surface area contributed by atoms with Gasteiger partial charge in [-0.15, -0.1) is 0 Å². The first-order chi connectivity index (χ1) is 10.6. The molecule has 0 spiro atoms. The normalized spacial score (nSPS) is 14.5. The fourth-order valence-electron chi connectivity index (χ4n) is 2.47. The number of nitrogens with zero attached hydrogens (tertiary/aromatic N) is 1. The van der Waals surface area contributed by atoms with Crippen molar-refractivity contribution >= 4 is 29.0 Å².